The van der Waals surface area contributed by atoms with E-state index in [1.165, 1.54) is 6.08 Å². The first-order chi connectivity index (χ1) is 37.4. The molecule has 0 aliphatic heterocycles. The van der Waals surface area contributed by atoms with Gasteiger partial charge >= 0.3 is 49.4 Å². The van der Waals surface area contributed by atoms with Gasteiger partial charge in [-0.15, -0.1) is 0 Å². The fourth-order valence-electron chi connectivity index (χ4n) is 8.80. The van der Waals surface area contributed by atoms with Crippen molar-refractivity contribution in [2.75, 3.05) is 6.54 Å². The predicted molar refractivity (Wildman–Crippen MR) is 246 cm³/mol. The Morgan fingerprint density at radius 3 is 1.01 bits per heavy atom. The first-order valence-electron chi connectivity index (χ1n) is 22.5. The van der Waals surface area contributed by atoms with Crippen LogP contribution in [0.5, 0.6) is 0 Å². The van der Waals surface area contributed by atoms with Crippen LogP contribution in [0.2, 0.25) is 0 Å². The number of aromatic nitrogens is 1. The maximum absolute atomic E-state index is 14.2. The van der Waals surface area contributed by atoms with Crippen molar-refractivity contribution in [2.24, 2.45) is 0 Å². The van der Waals surface area contributed by atoms with Crippen LogP contribution in [0.15, 0.2) is 146 Å². The Balaban J connectivity index is 0.000000357. The van der Waals surface area contributed by atoms with Gasteiger partial charge in [0.2, 0.25) is 24.6 Å². The van der Waals surface area contributed by atoms with Gasteiger partial charge < -0.3 is 0 Å². The molecule has 6 aromatic carbocycles. The van der Waals surface area contributed by atoms with Gasteiger partial charge in [0.1, 0.15) is 6.15 Å². The number of carbonyl (C=O) groups excluding carboxylic acids is 1. The van der Waals surface area contributed by atoms with E-state index < -0.39 is 195 Å². The largest absolute Gasteiger partial charge is 0.416 e. The van der Waals surface area contributed by atoms with Gasteiger partial charge in [0, 0.05) is 22.6 Å². The summed E-state index contributed by atoms with van der Waals surface area (Å²) in [5, 5.41) is 12.6. The number of hydrogen-bond acceptors (Lipinski definition) is 3. The zero-order valence-electron chi connectivity index (χ0n) is 40.1. The Bertz CT molecular complexity index is 3100. The lowest BCUT2D eigenvalue weighted by atomic mass is 9.12. The fourth-order valence-corrected chi connectivity index (χ4v) is 8.80. The molecule has 1 heterocycles. The van der Waals surface area contributed by atoms with Crippen molar-refractivity contribution < 1.29 is 120 Å². The summed E-state index contributed by atoms with van der Waals surface area (Å²) in [7, 11) is 0. The van der Waals surface area contributed by atoms with E-state index in [0.29, 0.717) is 5.56 Å². The minimum Gasteiger partial charge on any atom is -0.287 e. The second-order valence-electron chi connectivity index (χ2n) is 17.8. The Morgan fingerprint density at radius 2 is 0.720 bits per heavy atom. The molecule has 0 amide bonds. The maximum Gasteiger partial charge on any atom is 0.416 e. The number of rotatable bonds is 10. The number of fused-ring (bicyclic) bond motifs is 1. The average molecular weight is 1200 g/mol. The highest BCUT2D eigenvalue weighted by Crippen LogP contribution is 2.41. The highest BCUT2D eigenvalue weighted by molar-refractivity contribution is 7.20. The summed E-state index contributed by atoms with van der Waals surface area (Å²) in [6, 6.07) is 10.0. The van der Waals surface area contributed by atoms with E-state index in [1.54, 1.807) is 18.2 Å². The number of hydrogen-bond donors (Lipinski definition) is 0. The molecule has 30 heteroatoms. The molecule has 0 fully saturated rings. The summed E-state index contributed by atoms with van der Waals surface area (Å²) in [6.07, 6.45) is -49.7. The van der Waals surface area contributed by atoms with Gasteiger partial charge in [-0.25, -0.2) is 0 Å². The molecule has 0 N–H and O–H groups in total. The third-order valence-electron chi connectivity index (χ3n) is 12.4. The lowest BCUT2D eigenvalue weighted by Gasteiger charge is -2.46. The second-order valence-corrected chi connectivity index (χ2v) is 17.8. The normalized spacial score (nSPS) is 13.3. The third kappa shape index (κ3) is 14.5. The molecule has 0 aliphatic carbocycles. The van der Waals surface area contributed by atoms with Crippen LogP contribution in [0.4, 0.5) is 105 Å². The fraction of sp³-hybridized carbons (Fsp3) is 0.192. The highest BCUT2D eigenvalue weighted by atomic mass is 19.4. The summed E-state index contributed by atoms with van der Waals surface area (Å²) < 4.78 is 343. The molecular formula is C52H29BF24N2O3. The number of nitrogens with zero attached hydrogens (tertiary/aromatic N) is 2. The SMILES string of the molecule is FC(F)(F)c1cc([B-](c2cc(C(F)(F)F)cc(C(F)(F)F)c2)(c2cc(C(F)(F)F)cc(C(F)(F)F)c2)c2cc(C(F)(F)F)cc(C(F)(F)F)c2)cc(C(F)(F)F)c1.O=C(C[n+]1ccc2ccccc2c1C=CC[N+](=O)[O-])c1ccccc1. The molecule has 0 aliphatic rings. The van der Waals surface area contributed by atoms with Crippen molar-refractivity contribution in [3.8, 4) is 0 Å². The lowest BCUT2D eigenvalue weighted by Crippen LogP contribution is -2.75. The van der Waals surface area contributed by atoms with Crippen molar-refractivity contribution in [2.45, 2.75) is 56.0 Å². The van der Waals surface area contributed by atoms with Crippen molar-refractivity contribution in [3.63, 3.8) is 0 Å². The van der Waals surface area contributed by atoms with E-state index in [1.807, 2.05) is 59.3 Å². The first-order valence-corrected chi connectivity index (χ1v) is 22.5. The van der Waals surface area contributed by atoms with E-state index in [0.717, 1.165) is 16.5 Å². The van der Waals surface area contributed by atoms with Crippen LogP contribution in [0, 0.1) is 10.1 Å². The maximum atomic E-state index is 14.2. The van der Waals surface area contributed by atoms with Gasteiger partial charge in [-0.1, -0.05) is 97.1 Å². The summed E-state index contributed by atoms with van der Waals surface area (Å²) in [6.45, 7) is -0.0805. The third-order valence-corrected chi connectivity index (χ3v) is 12.4. The molecule has 5 nitrogen and oxygen atoms in total. The monoisotopic (exact) mass is 1200 g/mol. The lowest BCUT2D eigenvalue weighted by molar-refractivity contribution is -0.683. The van der Waals surface area contributed by atoms with Crippen molar-refractivity contribution in [3.05, 3.63) is 212 Å². The Hall–Kier alpha value is -8.08. The molecule has 82 heavy (non-hydrogen) atoms. The quantitative estimate of drug-likeness (QED) is 0.0342. The van der Waals surface area contributed by atoms with E-state index in [4.69, 9.17) is 0 Å². The molecule has 0 bridgehead atoms. The van der Waals surface area contributed by atoms with Gasteiger partial charge in [0.25, 0.3) is 0 Å². The van der Waals surface area contributed by atoms with Crippen LogP contribution in [0.25, 0.3) is 16.8 Å². The number of nitro groups is 1. The molecule has 436 valence electrons. The summed E-state index contributed by atoms with van der Waals surface area (Å²) >= 11 is 0. The van der Waals surface area contributed by atoms with Crippen LogP contribution < -0.4 is 26.4 Å². The Kier molecular flexibility index (Phi) is 17.2. The number of pyridine rings is 1. The Labute approximate surface area is 443 Å². The minimum atomic E-state index is -6.13. The number of Topliss-reactive ketones (excluding diaryl/α,β-unsaturated/α-hetero) is 1. The van der Waals surface area contributed by atoms with Crippen LogP contribution in [0.1, 0.15) is 60.6 Å². The minimum absolute atomic E-state index is 0.00944. The smallest absolute Gasteiger partial charge is 0.287 e. The van der Waals surface area contributed by atoms with Gasteiger partial charge in [0.05, 0.1) is 49.9 Å². The number of ketones is 1. The van der Waals surface area contributed by atoms with Gasteiger partial charge in [0.15, 0.2) is 6.20 Å². The molecular weight excluding hydrogens is 1170 g/mol. The zero-order chi connectivity index (χ0) is 61.6. The molecule has 7 rings (SSSR count). The molecule has 0 atom stereocenters. The van der Waals surface area contributed by atoms with Crippen LogP contribution in [0.3, 0.4) is 0 Å². The summed E-state index contributed by atoms with van der Waals surface area (Å²) in [4.78, 5) is 22.7. The first kappa shape index (κ1) is 63.1. The highest BCUT2D eigenvalue weighted by Gasteiger charge is 2.47. The molecule has 0 saturated carbocycles. The van der Waals surface area contributed by atoms with Gasteiger partial charge in [-0.2, -0.15) is 132 Å². The number of carbonyl (C=O) groups is 1. The van der Waals surface area contributed by atoms with Gasteiger partial charge in [-0.05, 0) is 41.8 Å². The van der Waals surface area contributed by atoms with Crippen molar-refractivity contribution >= 4 is 50.6 Å². The number of alkyl halides is 24. The van der Waals surface area contributed by atoms with Crippen molar-refractivity contribution in [1.82, 2.24) is 0 Å². The summed E-state index contributed by atoms with van der Waals surface area (Å²) in [5.74, 6) is -0.00944. The molecule has 1 aromatic heterocycles. The molecule has 0 saturated heterocycles. The van der Waals surface area contributed by atoms with E-state index in [2.05, 4.69) is 0 Å². The standard InChI is InChI=1S/C32H12BF24.C20H17N2O3/c34-25(35,36)13-1-14(26(37,38)39)6-21(5-13)33(22-7-15(27(40,41)42)2-16(8-22)28(43,44)45,23-9-17(29(46,47)48)3-18(10-23)30(49,50)51)24-11-19(31(52,53)54)4-20(12-24)32(55,56)57;23-20(17-8-2-1-3-9-17)15-21-14-12-16-7-4-5-10-18(16)19(21)11-6-13-22(24)25/h1-12H;1-12,14H,13,15H2/q-1;+1. The summed E-state index contributed by atoms with van der Waals surface area (Å²) in [5.41, 5.74) is -28.8. The topological polar surface area (TPSA) is 64.1 Å². The number of benzene rings is 6. The Morgan fingerprint density at radius 1 is 0.427 bits per heavy atom. The van der Waals surface area contributed by atoms with Crippen LogP contribution >= 0.6 is 0 Å². The van der Waals surface area contributed by atoms with E-state index >= 15 is 0 Å². The van der Waals surface area contributed by atoms with E-state index in [-0.39, 0.29) is 23.8 Å². The second kappa shape index (κ2) is 22.3. The molecule has 7 aromatic rings. The van der Waals surface area contributed by atoms with E-state index in [9.17, 15) is 120 Å². The molecule has 0 spiro atoms. The molecule has 0 radical (unpaired) electrons. The predicted octanol–water partition coefficient (Wildman–Crippen LogP) is 14.5. The zero-order valence-corrected chi connectivity index (χ0v) is 40.1. The van der Waals surface area contributed by atoms with Crippen LogP contribution in [-0.2, 0) is 56.0 Å². The average Bonchev–Trinajstić information content (AvgIpc) is 1.14. The van der Waals surface area contributed by atoms with Crippen molar-refractivity contribution in [1.29, 1.82) is 0 Å². The van der Waals surface area contributed by atoms with Gasteiger partial charge in [-0.3, -0.25) is 14.9 Å². The number of halogens is 24. The van der Waals surface area contributed by atoms with Crippen LogP contribution in [-0.4, -0.2) is 23.4 Å². The molecule has 0 unspecified atom stereocenters.